The summed E-state index contributed by atoms with van der Waals surface area (Å²) < 4.78 is 24.1. The largest absolute Gasteiger partial charge is 0.467 e. The fraction of sp³-hybridized carbons (Fsp3) is 0.286. The third-order valence-electron chi connectivity index (χ3n) is 2.64. The molecule has 18 heavy (non-hydrogen) atoms. The van der Waals surface area contributed by atoms with Crippen LogP contribution in [0.4, 0.5) is 4.39 Å². The van der Waals surface area contributed by atoms with Gasteiger partial charge in [0.1, 0.15) is 18.2 Å². The van der Waals surface area contributed by atoms with Crippen LogP contribution in [0.1, 0.15) is 24.4 Å². The highest BCUT2D eigenvalue weighted by Crippen LogP contribution is 2.22. The molecule has 96 valence electrons. The van der Waals surface area contributed by atoms with Crippen LogP contribution in [0.3, 0.4) is 0 Å². The van der Waals surface area contributed by atoms with E-state index in [0.717, 1.165) is 11.3 Å². The lowest BCUT2D eigenvalue weighted by Gasteiger charge is -2.21. The highest BCUT2D eigenvalue weighted by Gasteiger charge is 2.18. The van der Waals surface area contributed by atoms with Gasteiger partial charge in [-0.05, 0) is 36.8 Å². The first-order valence-corrected chi connectivity index (χ1v) is 5.82. The average molecular weight is 249 g/mol. The molecule has 2 atom stereocenters. The number of furan rings is 1. The lowest BCUT2D eigenvalue weighted by molar-refractivity contribution is 0.0168. The van der Waals surface area contributed by atoms with Gasteiger partial charge in [0.2, 0.25) is 0 Å². The molecule has 1 aromatic carbocycles. The van der Waals surface area contributed by atoms with Crippen LogP contribution in [0.2, 0.25) is 0 Å². The lowest BCUT2D eigenvalue weighted by atomic mass is 10.0. The van der Waals surface area contributed by atoms with Gasteiger partial charge in [0.25, 0.3) is 0 Å². The van der Waals surface area contributed by atoms with E-state index in [-0.39, 0.29) is 18.0 Å². The monoisotopic (exact) mass is 249 g/mol. The van der Waals surface area contributed by atoms with Gasteiger partial charge >= 0.3 is 0 Å². The van der Waals surface area contributed by atoms with Crippen molar-refractivity contribution >= 4 is 0 Å². The summed E-state index contributed by atoms with van der Waals surface area (Å²) in [5.41, 5.74) is 6.61. The number of halogens is 1. The Kier molecular flexibility index (Phi) is 4.12. The Morgan fingerprint density at radius 1 is 1.33 bits per heavy atom. The van der Waals surface area contributed by atoms with Crippen LogP contribution < -0.4 is 5.73 Å². The second-order valence-corrected chi connectivity index (χ2v) is 4.23. The summed E-state index contributed by atoms with van der Waals surface area (Å²) >= 11 is 0. The molecule has 2 unspecified atom stereocenters. The van der Waals surface area contributed by atoms with Crippen LogP contribution in [0.5, 0.6) is 0 Å². The van der Waals surface area contributed by atoms with Crippen LogP contribution in [-0.4, -0.2) is 6.04 Å². The third kappa shape index (κ3) is 3.18. The number of hydrogen-bond acceptors (Lipinski definition) is 3. The van der Waals surface area contributed by atoms with Crippen LogP contribution >= 0.6 is 0 Å². The summed E-state index contributed by atoms with van der Waals surface area (Å²) in [6.45, 7) is 2.15. The molecule has 0 saturated carbocycles. The molecule has 0 amide bonds. The minimum absolute atomic E-state index is 0.234. The minimum Gasteiger partial charge on any atom is -0.467 e. The zero-order chi connectivity index (χ0) is 13.0. The maximum Gasteiger partial charge on any atom is 0.129 e. The second kappa shape index (κ2) is 5.80. The molecule has 0 spiro atoms. The molecule has 0 aliphatic heterocycles. The summed E-state index contributed by atoms with van der Waals surface area (Å²) in [6.07, 6.45) is 1.23. The van der Waals surface area contributed by atoms with E-state index >= 15 is 0 Å². The van der Waals surface area contributed by atoms with Crippen molar-refractivity contribution < 1.29 is 13.5 Å². The van der Waals surface area contributed by atoms with Crippen molar-refractivity contribution in [2.24, 2.45) is 5.73 Å². The normalized spacial score (nSPS) is 14.4. The SMILES string of the molecule is CC(N)C(OCc1ccco1)c1cccc(F)c1. The number of ether oxygens (including phenoxy) is 1. The van der Waals surface area contributed by atoms with Crippen LogP contribution in [0.25, 0.3) is 0 Å². The van der Waals surface area contributed by atoms with Crippen molar-refractivity contribution in [2.75, 3.05) is 0 Å². The maximum atomic E-state index is 13.2. The molecule has 1 aromatic heterocycles. The number of benzene rings is 1. The van der Waals surface area contributed by atoms with Gasteiger partial charge in [-0.25, -0.2) is 4.39 Å². The van der Waals surface area contributed by atoms with Crippen molar-refractivity contribution in [3.63, 3.8) is 0 Å². The van der Waals surface area contributed by atoms with E-state index in [1.54, 1.807) is 24.5 Å². The van der Waals surface area contributed by atoms with Gasteiger partial charge in [0.05, 0.1) is 12.4 Å². The molecule has 0 fully saturated rings. The Hall–Kier alpha value is -1.65. The van der Waals surface area contributed by atoms with Gasteiger partial charge in [-0.3, -0.25) is 0 Å². The predicted octanol–water partition coefficient (Wildman–Crippen LogP) is 3.02. The average Bonchev–Trinajstić information content (AvgIpc) is 2.82. The molecule has 0 saturated heterocycles. The van der Waals surface area contributed by atoms with Gasteiger partial charge in [-0.1, -0.05) is 12.1 Å². The zero-order valence-electron chi connectivity index (χ0n) is 10.2. The molecular formula is C14H16FNO2. The third-order valence-corrected chi connectivity index (χ3v) is 2.64. The first kappa shape index (κ1) is 12.8. The second-order valence-electron chi connectivity index (χ2n) is 4.23. The molecule has 2 aromatic rings. The highest BCUT2D eigenvalue weighted by molar-refractivity contribution is 5.20. The van der Waals surface area contributed by atoms with Crippen LogP contribution in [0, 0.1) is 5.82 Å². The molecule has 4 heteroatoms. The number of rotatable bonds is 5. The van der Waals surface area contributed by atoms with E-state index in [1.165, 1.54) is 12.1 Å². The van der Waals surface area contributed by atoms with Crippen molar-refractivity contribution in [1.29, 1.82) is 0 Å². The number of nitrogens with two attached hydrogens (primary N) is 1. The predicted molar refractivity (Wildman–Crippen MR) is 66.3 cm³/mol. The Balaban J connectivity index is 2.08. The Labute approximate surface area is 105 Å². The van der Waals surface area contributed by atoms with Crippen molar-refractivity contribution in [2.45, 2.75) is 25.7 Å². The lowest BCUT2D eigenvalue weighted by Crippen LogP contribution is -2.27. The number of hydrogen-bond donors (Lipinski definition) is 1. The molecule has 0 aliphatic rings. The summed E-state index contributed by atoms with van der Waals surface area (Å²) in [6, 6.07) is 9.67. The molecule has 2 N–H and O–H groups in total. The molecule has 0 aliphatic carbocycles. The van der Waals surface area contributed by atoms with Crippen LogP contribution in [-0.2, 0) is 11.3 Å². The smallest absolute Gasteiger partial charge is 0.129 e. The van der Waals surface area contributed by atoms with Gasteiger partial charge in [-0.2, -0.15) is 0 Å². The van der Waals surface area contributed by atoms with Gasteiger partial charge in [-0.15, -0.1) is 0 Å². The van der Waals surface area contributed by atoms with Crippen molar-refractivity contribution in [3.8, 4) is 0 Å². The van der Waals surface area contributed by atoms with E-state index in [4.69, 9.17) is 14.9 Å². The molecule has 3 nitrogen and oxygen atoms in total. The van der Waals surface area contributed by atoms with E-state index in [1.807, 2.05) is 13.0 Å². The standard InChI is InChI=1S/C14H16FNO2/c1-10(16)14(11-4-2-5-12(15)8-11)18-9-13-6-3-7-17-13/h2-8,10,14H,9,16H2,1H3. The molecule has 0 radical (unpaired) electrons. The Morgan fingerprint density at radius 3 is 2.78 bits per heavy atom. The summed E-state index contributed by atoms with van der Waals surface area (Å²) in [5.74, 6) is 0.428. The molecule has 0 bridgehead atoms. The fourth-order valence-corrected chi connectivity index (χ4v) is 1.80. The summed E-state index contributed by atoms with van der Waals surface area (Å²) in [7, 11) is 0. The zero-order valence-corrected chi connectivity index (χ0v) is 10.2. The summed E-state index contributed by atoms with van der Waals surface area (Å²) in [4.78, 5) is 0. The Morgan fingerprint density at radius 2 is 2.17 bits per heavy atom. The van der Waals surface area contributed by atoms with E-state index in [9.17, 15) is 4.39 Å². The maximum absolute atomic E-state index is 13.2. The van der Waals surface area contributed by atoms with E-state index < -0.39 is 0 Å². The van der Waals surface area contributed by atoms with E-state index in [2.05, 4.69) is 0 Å². The first-order chi connectivity index (χ1) is 8.66. The van der Waals surface area contributed by atoms with Gasteiger partial charge in [0.15, 0.2) is 0 Å². The van der Waals surface area contributed by atoms with Gasteiger partial charge < -0.3 is 14.9 Å². The molecule has 2 rings (SSSR count). The van der Waals surface area contributed by atoms with Crippen molar-refractivity contribution in [1.82, 2.24) is 0 Å². The fourth-order valence-electron chi connectivity index (χ4n) is 1.80. The summed E-state index contributed by atoms with van der Waals surface area (Å²) in [5, 5.41) is 0. The Bertz CT molecular complexity index is 482. The topological polar surface area (TPSA) is 48.4 Å². The van der Waals surface area contributed by atoms with E-state index in [0.29, 0.717) is 6.61 Å². The minimum atomic E-state index is -0.356. The first-order valence-electron chi connectivity index (χ1n) is 5.82. The quantitative estimate of drug-likeness (QED) is 0.886. The molecular weight excluding hydrogens is 233 g/mol. The van der Waals surface area contributed by atoms with Crippen LogP contribution in [0.15, 0.2) is 47.1 Å². The molecule has 1 heterocycles. The van der Waals surface area contributed by atoms with Crippen molar-refractivity contribution in [3.05, 3.63) is 59.8 Å². The van der Waals surface area contributed by atoms with Gasteiger partial charge in [0, 0.05) is 6.04 Å². The highest BCUT2D eigenvalue weighted by atomic mass is 19.1.